The molecule has 152 valence electrons. The molecule has 28 heavy (non-hydrogen) atoms. The Morgan fingerprint density at radius 2 is 1.86 bits per heavy atom. The lowest BCUT2D eigenvalue weighted by Gasteiger charge is -2.20. The molecule has 4 amide bonds. The molecular formula is C21H29N3O3S. The van der Waals surface area contributed by atoms with E-state index in [4.69, 9.17) is 0 Å². The van der Waals surface area contributed by atoms with E-state index >= 15 is 0 Å². The highest BCUT2D eigenvalue weighted by molar-refractivity contribution is 7.14. The average molecular weight is 404 g/mol. The summed E-state index contributed by atoms with van der Waals surface area (Å²) in [5.74, 6) is -0.124. The molecule has 0 radical (unpaired) electrons. The molecule has 0 bridgehead atoms. The van der Waals surface area contributed by atoms with Crippen molar-refractivity contribution >= 4 is 29.2 Å². The van der Waals surface area contributed by atoms with Crippen molar-refractivity contribution in [3.63, 3.8) is 0 Å². The monoisotopic (exact) mass is 403 g/mol. The minimum absolute atomic E-state index is 0.0405. The summed E-state index contributed by atoms with van der Waals surface area (Å²) >= 11 is 1.62. The first-order valence-corrected chi connectivity index (χ1v) is 11.4. The zero-order valence-electron chi connectivity index (χ0n) is 16.3. The number of carbonyl (C=O) groups excluding carboxylic acids is 3. The molecule has 1 spiro atoms. The molecule has 2 aliphatic carbocycles. The lowest BCUT2D eigenvalue weighted by atomic mass is 9.98. The smallest absolute Gasteiger partial charge is 0.325 e. The van der Waals surface area contributed by atoms with Crippen molar-refractivity contribution in [3.8, 4) is 0 Å². The number of nitrogens with zero attached hydrogens (tertiary/aromatic N) is 1. The molecule has 1 saturated carbocycles. The number of imide groups is 1. The fraction of sp³-hybridized carbons (Fsp3) is 0.667. The van der Waals surface area contributed by atoms with Crippen LogP contribution in [0.3, 0.4) is 0 Å². The normalized spacial score (nSPS) is 21.4. The van der Waals surface area contributed by atoms with E-state index < -0.39 is 5.54 Å². The van der Waals surface area contributed by atoms with Crippen molar-refractivity contribution in [1.82, 2.24) is 15.5 Å². The molecule has 1 aromatic heterocycles. The van der Waals surface area contributed by atoms with Crippen molar-refractivity contribution in [2.24, 2.45) is 0 Å². The first kappa shape index (κ1) is 19.4. The largest absolute Gasteiger partial charge is 0.351 e. The van der Waals surface area contributed by atoms with Crippen LogP contribution in [0.2, 0.25) is 0 Å². The van der Waals surface area contributed by atoms with Gasteiger partial charge in [-0.1, -0.05) is 25.7 Å². The van der Waals surface area contributed by atoms with Gasteiger partial charge in [0.05, 0.1) is 4.88 Å². The third-order valence-electron chi connectivity index (χ3n) is 6.27. The second kappa shape index (κ2) is 8.23. The Kier molecular flexibility index (Phi) is 5.71. The maximum absolute atomic E-state index is 12.6. The first-order valence-electron chi connectivity index (χ1n) is 10.6. The lowest BCUT2D eigenvalue weighted by Crippen LogP contribution is -2.44. The maximum Gasteiger partial charge on any atom is 0.325 e. The zero-order chi connectivity index (χ0) is 19.6. The number of carbonyl (C=O) groups is 3. The van der Waals surface area contributed by atoms with Gasteiger partial charge in [0.15, 0.2) is 0 Å². The topological polar surface area (TPSA) is 78.5 Å². The summed E-state index contributed by atoms with van der Waals surface area (Å²) in [6, 6.07) is 1.78. The summed E-state index contributed by atoms with van der Waals surface area (Å²) < 4.78 is 0. The van der Waals surface area contributed by atoms with Gasteiger partial charge in [0.1, 0.15) is 5.54 Å². The van der Waals surface area contributed by atoms with E-state index in [1.165, 1.54) is 41.0 Å². The highest BCUT2D eigenvalue weighted by Crippen LogP contribution is 2.35. The van der Waals surface area contributed by atoms with Crippen molar-refractivity contribution < 1.29 is 14.4 Å². The Morgan fingerprint density at radius 3 is 2.64 bits per heavy atom. The van der Waals surface area contributed by atoms with Crippen LogP contribution in [0.25, 0.3) is 0 Å². The fourth-order valence-electron chi connectivity index (χ4n) is 4.68. The first-order chi connectivity index (χ1) is 13.6. The molecule has 6 nitrogen and oxygen atoms in total. The number of thiophene rings is 1. The molecule has 2 fully saturated rings. The van der Waals surface area contributed by atoms with Crippen LogP contribution in [0, 0.1) is 0 Å². The molecule has 4 rings (SSSR count). The molecule has 7 heteroatoms. The third-order valence-corrected chi connectivity index (χ3v) is 7.50. The maximum atomic E-state index is 12.6. The van der Waals surface area contributed by atoms with Crippen LogP contribution < -0.4 is 10.6 Å². The van der Waals surface area contributed by atoms with Gasteiger partial charge in [-0.25, -0.2) is 4.79 Å². The SMILES string of the molecule is O=C(NCCCN1C(=O)NC2(CCCC2)C1=O)c1cc2c(s1)CCCCCC2. The Bertz CT molecular complexity index is 741. The molecule has 0 aromatic carbocycles. The van der Waals surface area contributed by atoms with Gasteiger partial charge in [0, 0.05) is 18.0 Å². The van der Waals surface area contributed by atoms with Crippen LogP contribution >= 0.6 is 11.3 Å². The van der Waals surface area contributed by atoms with Crippen molar-refractivity contribution in [3.05, 3.63) is 21.4 Å². The second-order valence-electron chi connectivity index (χ2n) is 8.26. The van der Waals surface area contributed by atoms with Gasteiger partial charge in [0.2, 0.25) is 0 Å². The van der Waals surface area contributed by atoms with Gasteiger partial charge in [-0.15, -0.1) is 11.3 Å². The van der Waals surface area contributed by atoms with Crippen LogP contribution in [-0.2, 0) is 17.6 Å². The van der Waals surface area contributed by atoms with Gasteiger partial charge < -0.3 is 10.6 Å². The predicted molar refractivity (Wildman–Crippen MR) is 109 cm³/mol. The Hall–Kier alpha value is -1.89. The summed E-state index contributed by atoms with van der Waals surface area (Å²) in [7, 11) is 0. The lowest BCUT2D eigenvalue weighted by molar-refractivity contribution is -0.131. The van der Waals surface area contributed by atoms with Crippen molar-refractivity contribution in [2.75, 3.05) is 13.1 Å². The average Bonchev–Trinajstić information content (AvgIpc) is 3.34. The van der Waals surface area contributed by atoms with Gasteiger partial charge in [-0.2, -0.15) is 0 Å². The van der Waals surface area contributed by atoms with Gasteiger partial charge >= 0.3 is 6.03 Å². The minimum atomic E-state index is -0.645. The highest BCUT2D eigenvalue weighted by Gasteiger charge is 2.51. The van der Waals surface area contributed by atoms with Gasteiger partial charge in [-0.3, -0.25) is 14.5 Å². The quantitative estimate of drug-likeness (QED) is 0.584. The van der Waals surface area contributed by atoms with E-state index in [2.05, 4.69) is 16.7 Å². The van der Waals surface area contributed by atoms with Crippen molar-refractivity contribution in [2.45, 2.75) is 76.2 Å². The highest BCUT2D eigenvalue weighted by atomic mass is 32.1. The number of fused-ring (bicyclic) bond motifs is 1. The molecule has 1 aliphatic heterocycles. The Morgan fingerprint density at radius 1 is 1.11 bits per heavy atom. The number of rotatable bonds is 5. The van der Waals surface area contributed by atoms with Crippen LogP contribution in [0.1, 0.15) is 77.9 Å². The number of aryl methyl sites for hydroxylation is 2. The Balaban J connectivity index is 1.26. The Labute approximate surface area is 170 Å². The summed E-state index contributed by atoms with van der Waals surface area (Å²) in [5, 5.41) is 5.85. The molecule has 2 heterocycles. The summed E-state index contributed by atoms with van der Waals surface area (Å²) in [6.45, 7) is 0.819. The number of hydrogen-bond acceptors (Lipinski definition) is 4. The molecule has 3 aliphatic rings. The molecule has 2 N–H and O–H groups in total. The number of amides is 4. The van der Waals surface area contributed by atoms with Crippen LogP contribution in [0.15, 0.2) is 6.07 Å². The molecule has 0 unspecified atom stereocenters. The zero-order valence-corrected chi connectivity index (χ0v) is 17.2. The number of hydrogen-bond donors (Lipinski definition) is 2. The summed E-state index contributed by atoms with van der Waals surface area (Å²) in [5.41, 5.74) is 0.699. The standard InChI is InChI=1S/C21H29N3O3S/c25-18(17-14-15-8-3-1-2-4-9-16(15)28-17)22-12-7-13-24-19(26)21(23-20(24)27)10-5-6-11-21/h14H,1-13H2,(H,22,25)(H,23,27). The number of urea groups is 1. The van der Waals surface area contributed by atoms with E-state index in [0.717, 1.165) is 43.4 Å². The van der Waals surface area contributed by atoms with E-state index in [1.54, 1.807) is 11.3 Å². The third kappa shape index (κ3) is 3.81. The predicted octanol–water partition coefficient (Wildman–Crippen LogP) is 3.39. The minimum Gasteiger partial charge on any atom is -0.351 e. The summed E-state index contributed by atoms with van der Waals surface area (Å²) in [4.78, 5) is 40.8. The van der Waals surface area contributed by atoms with Gasteiger partial charge in [-0.05, 0) is 56.6 Å². The molecular weight excluding hydrogens is 374 g/mol. The van der Waals surface area contributed by atoms with Crippen LogP contribution in [-0.4, -0.2) is 41.4 Å². The molecule has 1 saturated heterocycles. The van der Waals surface area contributed by atoms with Crippen LogP contribution in [0.4, 0.5) is 4.79 Å². The van der Waals surface area contributed by atoms with E-state index in [-0.39, 0.29) is 17.8 Å². The second-order valence-corrected chi connectivity index (χ2v) is 9.40. The van der Waals surface area contributed by atoms with Gasteiger partial charge in [0.25, 0.3) is 11.8 Å². The van der Waals surface area contributed by atoms with E-state index in [1.807, 2.05) is 0 Å². The fourth-order valence-corrected chi connectivity index (χ4v) is 5.85. The molecule has 1 aromatic rings. The van der Waals surface area contributed by atoms with E-state index in [0.29, 0.717) is 19.5 Å². The van der Waals surface area contributed by atoms with Crippen LogP contribution in [0.5, 0.6) is 0 Å². The van der Waals surface area contributed by atoms with Crippen molar-refractivity contribution in [1.29, 1.82) is 0 Å². The molecule has 0 atom stereocenters. The summed E-state index contributed by atoms with van der Waals surface area (Å²) in [6.07, 6.45) is 11.2. The van der Waals surface area contributed by atoms with E-state index in [9.17, 15) is 14.4 Å². The number of nitrogens with one attached hydrogen (secondary N) is 2.